The zero-order valence-electron chi connectivity index (χ0n) is 12.4. The fourth-order valence-electron chi connectivity index (χ4n) is 2.52. The average molecular weight is 248 g/mol. The Bertz CT molecular complexity index is 358. The van der Waals surface area contributed by atoms with Crippen LogP contribution in [0.5, 0.6) is 0 Å². The van der Waals surface area contributed by atoms with E-state index >= 15 is 0 Å². The Morgan fingerprint density at radius 1 is 1.06 bits per heavy atom. The molecule has 2 nitrogen and oxygen atoms in total. The van der Waals surface area contributed by atoms with Gasteiger partial charge in [0, 0.05) is 17.8 Å². The highest BCUT2D eigenvalue weighted by Gasteiger charge is 2.20. The van der Waals surface area contributed by atoms with Crippen LogP contribution < -0.4 is 11.1 Å². The Morgan fingerprint density at radius 2 is 1.67 bits per heavy atom. The van der Waals surface area contributed by atoms with Crippen LogP contribution in [0.3, 0.4) is 0 Å². The van der Waals surface area contributed by atoms with E-state index in [1.165, 1.54) is 12.0 Å². The SMILES string of the molecule is CC(C)CC(C)NC(c1ccccc1N)C(C)C. The van der Waals surface area contributed by atoms with Crippen LogP contribution in [0.4, 0.5) is 5.69 Å². The molecule has 0 amide bonds. The standard InChI is InChI=1S/C16H28N2/c1-11(2)10-13(5)18-16(12(3)4)14-8-6-7-9-15(14)17/h6-9,11-13,16,18H,10,17H2,1-5H3. The van der Waals surface area contributed by atoms with Gasteiger partial charge in [0.15, 0.2) is 0 Å². The molecule has 0 aliphatic carbocycles. The maximum Gasteiger partial charge on any atom is 0.0366 e. The first-order chi connectivity index (χ1) is 8.41. The van der Waals surface area contributed by atoms with Crippen LogP contribution in [0.1, 0.15) is 52.6 Å². The topological polar surface area (TPSA) is 38.0 Å². The molecule has 102 valence electrons. The molecule has 0 bridgehead atoms. The first-order valence-electron chi connectivity index (χ1n) is 7.02. The predicted octanol–water partition coefficient (Wildman–Crippen LogP) is 3.99. The van der Waals surface area contributed by atoms with Crippen LogP contribution in [-0.4, -0.2) is 6.04 Å². The van der Waals surface area contributed by atoms with Gasteiger partial charge >= 0.3 is 0 Å². The number of hydrogen-bond acceptors (Lipinski definition) is 2. The number of nitrogens with two attached hydrogens (primary N) is 1. The lowest BCUT2D eigenvalue weighted by Gasteiger charge is -2.28. The third-order valence-electron chi connectivity index (χ3n) is 3.29. The van der Waals surface area contributed by atoms with Gasteiger partial charge in [-0.25, -0.2) is 0 Å². The van der Waals surface area contributed by atoms with E-state index in [4.69, 9.17) is 5.73 Å². The molecule has 0 aliphatic rings. The summed E-state index contributed by atoms with van der Waals surface area (Å²) >= 11 is 0. The molecule has 3 N–H and O–H groups in total. The first kappa shape index (κ1) is 15.0. The molecule has 0 saturated heterocycles. The van der Waals surface area contributed by atoms with Gasteiger partial charge in [0.25, 0.3) is 0 Å². The van der Waals surface area contributed by atoms with E-state index in [9.17, 15) is 0 Å². The van der Waals surface area contributed by atoms with E-state index in [-0.39, 0.29) is 0 Å². The summed E-state index contributed by atoms with van der Waals surface area (Å²) in [6.07, 6.45) is 1.19. The quantitative estimate of drug-likeness (QED) is 0.747. The first-order valence-corrected chi connectivity index (χ1v) is 7.02. The van der Waals surface area contributed by atoms with Gasteiger partial charge in [-0.15, -0.1) is 0 Å². The molecule has 2 unspecified atom stereocenters. The second kappa shape index (κ2) is 6.79. The van der Waals surface area contributed by atoms with Crippen LogP contribution in [0.15, 0.2) is 24.3 Å². The number of rotatable bonds is 6. The molecule has 2 atom stereocenters. The predicted molar refractivity (Wildman–Crippen MR) is 80.5 cm³/mol. The van der Waals surface area contributed by atoms with Gasteiger partial charge < -0.3 is 11.1 Å². The van der Waals surface area contributed by atoms with Crippen molar-refractivity contribution in [3.8, 4) is 0 Å². The summed E-state index contributed by atoms with van der Waals surface area (Å²) in [5.41, 5.74) is 8.21. The van der Waals surface area contributed by atoms with Crippen molar-refractivity contribution in [1.82, 2.24) is 5.32 Å². The van der Waals surface area contributed by atoms with Gasteiger partial charge in [-0.3, -0.25) is 0 Å². The number of para-hydroxylation sites is 1. The average Bonchev–Trinajstić information content (AvgIpc) is 2.25. The van der Waals surface area contributed by atoms with E-state index in [1.807, 2.05) is 12.1 Å². The second-order valence-electron chi connectivity index (χ2n) is 6.05. The van der Waals surface area contributed by atoms with Crippen molar-refractivity contribution in [3.05, 3.63) is 29.8 Å². The number of hydrogen-bond donors (Lipinski definition) is 2. The van der Waals surface area contributed by atoms with Crippen molar-refractivity contribution in [2.75, 3.05) is 5.73 Å². The fraction of sp³-hybridized carbons (Fsp3) is 0.625. The van der Waals surface area contributed by atoms with E-state index in [0.29, 0.717) is 23.9 Å². The summed E-state index contributed by atoms with van der Waals surface area (Å²) in [7, 11) is 0. The summed E-state index contributed by atoms with van der Waals surface area (Å²) in [6, 6.07) is 9.02. The van der Waals surface area contributed by atoms with E-state index in [2.05, 4.69) is 52.1 Å². The van der Waals surface area contributed by atoms with Crippen molar-refractivity contribution in [2.24, 2.45) is 11.8 Å². The Kier molecular flexibility index (Phi) is 5.67. The van der Waals surface area contributed by atoms with Gasteiger partial charge in [0.2, 0.25) is 0 Å². The zero-order valence-corrected chi connectivity index (χ0v) is 12.4. The monoisotopic (exact) mass is 248 g/mol. The third kappa shape index (κ3) is 4.34. The Labute approximate surface area is 112 Å². The molecule has 0 aromatic heterocycles. The molecular formula is C16H28N2. The van der Waals surface area contributed by atoms with E-state index < -0.39 is 0 Å². The summed E-state index contributed by atoms with van der Waals surface area (Å²) in [5.74, 6) is 1.25. The van der Waals surface area contributed by atoms with Crippen molar-refractivity contribution in [1.29, 1.82) is 0 Å². The van der Waals surface area contributed by atoms with Crippen LogP contribution in [0, 0.1) is 11.8 Å². The molecule has 18 heavy (non-hydrogen) atoms. The van der Waals surface area contributed by atoms with Gasteiger partial charge in [-0.05, 0) is 36.8 Å². The molecule has 1 rings (SSSR count). The fourth-order valence-corrected chi connectivity index (χ4v) is 2.52. The Balaban J connectivity index is 2.81. The molecule has 0 aliphatic heterocycles. The highest BCUT2D eigenvalue weighted by Crippen LogP contribution is 2.27. The lowest BCUT2D eigenvalue weighted by molar-refractivity contribution is 0.339. The highest BCUT2D eigenvalue weighted by atomic mass is 15.0. The van der Waals surface area contributed by atoms with Gasteiger partial charge in [0.05, 0.1) is 0 Å². The molecular weight excluding hydrogens is 220 g/mol. The lowest BCUT2D eigenvalue weighted by atomic mass is 9.93. The van der Waals surface area contributed by atoms with Gasteiger partial charge in [-0.1, -0.05) is 45.9 Å². The summed E-state index contributed by atoms with van der Waals surface area (Å²) < 4.78 is 0. The Hall–Kier alpha value is -1.02. The maximum atomic E-state index is 6.10. The molecule has 0 radical (unpaired) electrons. The Morgan fingerprint density at radius 3 is 2.17 bits per heavy atom. The number of benzene rings is 1. The van der Waals surface area contributed by atoms with Crippen LogP contribution in [0.2, 0.25) is 0 Å². The van der Waals surface area contributed by atoms with Crippen LogP contribution >= 0.6 is 0 Å². The summed E-state index contributed by atoms with van der Waals surface area (Å²) in [4.78, 5) is 0. The van der Waals surface area contributed by atoms with E-state index in [1.54, 1.807) is 0 Å². The molecule has 2 heteroatoms. The molecule has 0 saturated carbocycles. The molecule has 0 heterocycles. The van der Waals surface area contributed by atoms with Crippen LogP contribution in [0.25, 0.3) is 0 Å². The smallest absolute Gasteiger partial charge is 0.0366 e. The minimum atomic E-state index is 0.333. The largest absolute Gasteiger partial charge is 0.398 e. The van der Waals surface area contributed by atoms with Crippen molar-refractivity contribution in [3.63, 3.8) is 0 Å². The lowest BCUT2D eigenvalue weighted by Crippen LogP contribution is -2.34. The molecule has 1 aromatic carbocycles. The van der Waals surface area contributed by atoms with Crippen molar-refractivity contribution in [2.45, 2.75) is 53.1 Å². The van der Waals surface area contributed by atoms with Crippen LogP contribution in [-0.2, 0) is 0 Å². The number of nitrogen functional groups attached to an aromatic ring is 1. The van der Waals surface area contributed by atoms with Crippen molar-refractivity contribution < 1.29 is 0 Å². The normalized spacial score (nSPS) is 15.1. The van der Waals surface area contributed by atoms with Gasteiger partial charge in [0.1, 0.15) is 0 Å². The highest BCUT2D eigenvalue weighted by molar-refractivity contribution is 5.48. The van der Waals surface area contributed by atoms with Gasteiger partial charge in [-0.2, -0.15) is 0 Å². The third-order valence-corrected chi connectivity index (χ3v) is 3.29. The molecule has 1 aromatic rings. The van der Waals surface area contributed by atoms with E-state index in [0.717, 1.165) is 5.69 Å². The zero-order chi connectivity index (χ0) is 13.7. The number of anilines is 1. The van der Waals surface area contributed by atoms with Crippen molar-refractivity contribution >= 4 is 5.69 Å². The second-order valence-corrected chi connectivity index (χ2v) is 6.05. The molecule has 0 fully saturated rings. The minimum absolute atomic E-state index is 0.333. The minimum Gasteiger partial charge on any atom is -0.398 e. The summed E-state index contributed by atoms with van der Waals surface area (Å²) in [5, 5.41) is 3.72. The summed E-state index contributed by atoms with van der Waals surface area (Å²) in [6.45, 7) is 11.3. The maximum absolute atomic E-state index is 6.10. The molecule has 0 spiro atoms. The number of nitrogens with one attached hydrogen (secondary N) is 1.